The van der Waals surface area contributed by atoms with Crippen LogP contribution in [0.4, 0.5) is 0 Å². The SMILES string of the molecule is O=C(c1cnccn1)N1CCC[C@]2(CCN(C(=O)C3CCOCC3)C2)C1. The molecule has 0 N–H and O–H groups in total. The molecular formula is C19H26N4O3. The largest absolute Gasteiger partial charge is 0.381 e. The maximum absolute atomic E-state index is 12.8. The van der Waals surface area contributed by atoms with Crippen molar-refractivity contribution < 1.29 is 14.3 Å². The minimum Gasteiger partial charge on any atom is -0.381 e. The third-order valence-corrected chi connectivity index (χ3v) is 6.05. The van der Waals surface area contributed by atoms with E-state index in [1.165, 1.54) is 6.20 Å². The van der Waals surface area contributed by atoms with Crippen molar-refractivity contribution in [1.29, 1.82) is 0 Å². The highest BCUT2D eigenvalue weighted by Crippen LogP contribution is 2.40. The van der Waals surface area contributed by atoms with Gasteiger partial charge < -0.3 is 14.5 Å². The van der Waals surface area contributed by atoms with Gasteiger partial charge in [-0.15, -0.1) is 0 Å². The quantitative estimate of drug-likeness (QED) is 0.798. The third kappa shape index (κ3) is 3.45. The van der Waals surface area contributed by atoms with Crippen molar-refractivity contribution >= 4 is 11.8 Å². The Morgan fingerprint density at radius 2 is 1.88 bits per heavy atom. The number of hydrogen-bond acceptors (Lipinski definition) is 5. The van der Waals surface area contributed by atoms with E-state index in [1.807, 2.05) is 9.80 Å². The predicted octanol–water partition coefficient (Wildman–Crippen LogP) is 1.36. The summed E-state index contributed by atoms with van der Waals surface area (Å²) >= 11 is 0. The monoisotopic (exact) mass is 358 g/mol. The molecule has 7 heteroatoms. The van der Waals surface area contributed by atoms with Crippen molar-refractivity contribution in [2.75, 3.05) is 39.4 Å². The van der Waals surface area contributed by atoms with Gasteiger partial charge in [0.05, 0.1) is 6.20 Å². The molecule has 4 rings (SSSR count). The molecule has 0 saturated carbocycles. The fraction of sp³-hybridized carbons (Fsp3) is 0.684. The van der Waals surface area contributed by atoms with Gasteiger partial charge in [0.25, 0.3) is 5.91 Å². The lowest BCUT2D eigenvalue weighted by atomic mass is 9.79. The van der Waals surface area contributed by atoms with Gasteiger partial charge in [-0.25, -0.2) is 4.98 Å². The van der Waals surface area contributed by atoms with E-state index < -0.39 is 0 Å². The highest BCUT2D eigenvalue weighted by Gasteiger charge is 2.45. The Morgan fingerprint density at radius 3 is 2.65 bits per heavy atom. The van der Waals surface area contributed by atoms with Crippen LogP contribution >= 0.6 is 0 Å². The molecule has 4 heterocycles. The van der Waals surface area contributed by atoms with E-state index in [4.69, 9.17) is 4.74 Å². The van der Waals surface area contributed by atoms with Crippen LogP contribution in [-0.2, 0) is 9.53 Å². The summed E-state index contributed by atoms with van der Waals surface area (Å²) in [7, 11) is 0. The average molecular weight is 358 g/mol. The molecule has 0 radical (unpaired) electrons. The van der Waals surface area contributed by atoms with Gasteiger partial charge in [-0.1, -0.05) is 0 Å². The summed E-state index contributed by atoms with van der Waals surface area (Å²) in [5, 5.41) is 0. The molecule has 0 aromatic carbocycles. The van der Waals surface area contributed by atoms with Crippen LogP contribution in [0.25, 0.3) is 0 Å². The number of nitrogens with zero attached hydrogens (tertiary/aromatic N) is 4. The highest BCUT2D eigenvalue weighted by molar-refractivity contribution is 5.92. The summed E-state index contributed by atoms with van der Waals surface area (Å²) in [6, 6.07) is 0. The van der Waals surface area contributed by atoms with Gasteiger partial charge in [-0.2, -0.15) is 0 Å². The van der Waals surface area contributed by atoms with Crippen LogP contribution < -0.4 is 0 Å². The second-order valence-corrected chi connectivity index (χ2v) is 7.82. The minimum absolute atomic E-state index is 0.0386. The van der Waals surface area contributed by atoms with Crippen molar-refractivity contribution in [2.24, 2.45) is 11.3 Å². The van der Waals surface area contributed by atoms with Crippen molar-refractivity contribution in [3.05, 3.63) is 24.3 Å². The molecule has 3 fully saturated rings. The number of ether oxygens (including phenoxy) is 1. The molecule has 3 saturated heterocycles. The van der Waals surface area contributed by atoms with E-state index in [-0.39, 0.29) is 23.1 Å². The number of rotatable bonds is 2. The molecule has 1 spiro atoms. The molecular weight excluding hydrogens is 332 g/mol. The number of hydrogen-bond donors (Lipinski definition) is 0. The Morgan fingerprint density at radius 1 is 1.08 bits per heavy atom. The second-order valence-electron chi connectivity index (χ2n) is 7.82. The topological polar surface area (TPSA) is 75.6 Å². The van der Waals surface area contributed by atoms with Crippen LogP contribution in [0.1, 0.15) is 42.6 Å². The van der Waals surface area contributed by atoms with Crippen molar-refractivity contribution in [2.45, 2.75) is 32.1 Å². The van der Waals surface area contributed by atoms with Crippen LogP contribution in [0.15, 0.2) is 18.6 Å². The number of carbonyl (C=O) groups excluding carboxylic acids is 2. The Kier molecular flexibility index (Phi) is 4.89. The fourth-order valence-electron chi connectivity index (χ4n) is 4.61. The van der Waals surface area contributed by atoms with Crippen LogP contribution in [0, 0.1) is 11.3 Å². The highest BCUT2D eigenvalue weighted by atomic mass is 16.5. The molecule has 1 aromatic rings. The first-order chi connectivity index (χ1) is 12.7. The number of aromatic nitrogens is 2. The molecule has 140 valence electrons. The van der Waals surface area contributed by atoms with Crippen molar-refractivity contribution in [1.82, 2.24) is 19.8 Å². The Bertz CT molecular complexity index is 662. The summed E-state index contributed by atoms with van der Waals surface area (Å²) in [4.78, 5) is 37.6. The van der Waals surface area contributed by atoms with Crippen LogP contribution in [-0.4, -0.2) is 71.0 Å². The summed E-state index contributed by atoms with van der Waals surface area (Å²) in [6.07, 6.45) is 9.35. The molecule has 7 nitrogen and oxygen atoms in total. The number of amides is 2. The Hall–Kier alpha value is -2.02. The average Bonchev–Trinajstić information content (AvgIpc) is 3.11. The van der Waals surface area contributed by atoms with Gasteiger partial charge in [0, 0.05) is 63.1 Å². The first-order valence-corrected chi connectivity index (χ1v) is 9.59. The second kappa shape index (κ2) is 7.31. The molecule has 0 aliphatic carbocycles. The van der Waals surface area contributed by atoms with Gasteiger partial charge in [-0.05, 0) is 32.1 Å². The summed E-state index contributed by atoms with van der Waals surface area (Å²) in [5.74, 6) is 0.341. The van der Waals surface area contributed by atoms with E-state index in [1.54, 1.807) is 12.4 Å². The predicted molar refractivity (Wildman–Crippen MR) is 94.3 cm³/mol. The molecule has 3 aliphatic heterocycles. The molecule has 1 aromatic heterocycles. The van der Waals surface area contributed by atoms with Gasteiger partial charge in [0.2, 0.25) is 5.91 Å². The van der Waals surface area contributed by atoms with E-state index >= 15 is 0 Å². The Labute approximate surface area is 153 Å². The van der Waals surface area contributed by atoms with Crippen LogP contribution in [0.5, 0.6) is 0 Å². The number of piperidine rings is 1. The van der Waals surface area contributed by atoms with Crippen molar-refractivity contribution in [3.63, 3.8) is 0 Å². The van der Waals surface area contributed by atoms with Gasteiger partial charge >= 0.3 is 0 Å². The number of carbonyl (C=O) groups is 2. The van der Waals surface area contributed by atoms with E-state index in [0.29, 0.717) is 25.5 Å². The van der Waals surface area contributed by atoms with Gasteiger partial charge in [0.15, 0.2) is 0 Å². The van der Waals surface area contributed by atoms with E-state index in [2.05, 4.69) is 9.97 Å². The van der Waals surface area contributed by atoms with Gasteiger partial charge in [0.1, 0.15) is 5.69 Å². The third-order valence-electron chi connectivity index (χ3n) is 6.05. The maximum atomic E-state index is 12.8. The van der Waals surface area contributed by atoms with Crippen LogP contribution in [0.2, 0.25) is 0 Å². The molecule has 0 unspecified atom stereocenters. The lowest BCUT2D eigenvalue weighted by Gasteiger charge is -2.40. The zero-order valence-electron chi connectivity index (χ0n) is 15.1. The zero-order chi connectivity index (χ0) is 18.0. The first-order valence-electron chi connectivity index (χ1n) is 9.59. The summed E-state index contributed by atoms with van der Waals surface area (Å²) in [5.41, 5.74) is 0.439. The summed E-state index contributed by atoms with van der Waals surface area (Å²) in [6.45, 7) is 4.42. The smallest absolute Gasteiger partial charge is 0.274 e. The molecule has 26 heavy (non-hydrogen) atoms. The van der Waals surface area contributed by atoms with E-state index in [0.717, 1.165) is 51.7 Å². The first kappa shape index (κ1) is 17.4. The minimum atomic E-state index is -0.0496. The lowest BCUT2D eigenvalue weighted by Crippen LogP contribution is -2.48. The normalized spacial score (nSPS) is 27.1. The lowest BCUT2D eigenvalue weighted by molar-refractivity contribution is -0.138. The van der Waals surface area contributed by atoms with E-state index in [9.17, 15) is 9.59 Å². The molecule has 1 atom stereocenters. The standard InChI is InChI=1S/C19H26N4O3/c24-17(15-2-10-26-11-3-15)23-9-5-19(14-23)4-1-8-22(13-19)18(25)16-12-20-6-7-21-16/h6-7,12,15H,1-5,8-11,13-14H2/t19-/m0/s1. The molecule has 3 aliphatic rings. The van der Waals surface area contributed by atoms with Crippen LogP contribution in [0.3, 0.4) is 0 Å². The van der Waals surface area contributed by atoms with Gasteiger partial charge in [-0.3, -0.25) is 14.6 Å². The molecule has 0 bridgehead atoms. The van der Waals surface area contributed by atoms with Crippen molar-refractivity contribution in [3.8, 4) is 0 Å². The fourth-order valence-corrected chi connectivity index (χ4v) is 4.61. The molecule has 2 amide bonds. The Balaban J connectivity index is 1.41. The summed E-state index contributed by atoms with van der Waals surface area (Å²) < 4.78 is 5.38. The zero-order valence-corrected chi connectivity index (χ0v) is 15.1. The number of likely N-dealkylation sites (tertiary alicyclic amines) is 2. The maximum Gasteiger partial charge on any atom is 0.274 e.